The molecular weight excluding hydrogens is 337 g/mol. The minimum atomic E-state index is -4.63. The van der Waals surface area contributed by atoms with Crippen molar-refractivity contribution in [3.63, 3.8) is 0 Å². The van der Waals surface area contributed by atoms with E-state index in [4.69, 9.17) is 9.47 Å². The topological polar surface area (TPSA) is 53.3 Å². The quantitative estimate of drug-likeness (QED) is 0.756. The average molecular weight is 358 g/mol. The van der Waals surface area contributed by atoms with Crippen molar-refractivity contribution in [2.45, 2.75) is 63.8 Å². The SMILES string of the molecule is CCOC(=O)c1c(C(F)(F)F)c(C2CC2)nn1CC12COC(C)(C1)C2. The molecule has 0 spiro atoms. The Bertz CT molecular complexity index is 715. The third kappa shape index (κ3) is 2.74. The zero-order chi connectivity index (χ0) is 18.0. The molecule has 2 saturated carbocycles. The van der Waals surface area contributed by atoms with Gasteiger partial charge in [-0.1, -0.05) is 0 Å². The standard InChI is InChI=1S/C17H21F3N2O3/c1-3-24-14(23)13-11(17(18,19)20)12(10-4-5-10)21-22(13)8-16-6-15(2,7-16)25-9-16/h10H,3-9H2,1-2H3. The van der Waals surface area contributed by atoms with E-state index < -0.39 is 23.4 Å². The van der Waals surface area contributed by atoms with Crippen LogP contribution in [0.2, 0.25) is 0 Å². The number of aromatic nitrogens is 2. The van der Waals surface area contributed by atoms with E-state index in [1.807, 2.05) is 6.92 Å². The first-order valence-electron chi connectivity index (χ1n) is 8.65. The maximum atomic E-state index is 13.7. The van der Waals surface area contributed by atoms with Crippen LogP contribution in [0.3, 0.4) is 0 Å². The number of hydrogen-bond donors (Lipinski definition) is 0. The van der Waals surface area contributed by atoms with E-state index >= 15 is 0 Å². The van der Waals surface area contributed by atoms with Crippen LogP contribution < -0.4 is 0 Å². The molecule has 4 aliphatic rings. The Labute approximate surface area is 143 Å². The fourth-order valence-electron chi connectivity index (χ4n) is 4.47. The number of alkyl halides is 3. The van der Waals surface area contributed by atoms with Crippen LogP contribution in [0.25, 0.3) is 0 Å². The normalized spacial score (nSPS) is 31.1. The molecular formula is C17H21F3N2O3. The number of halogens is 3. The zero-order valence-corrected chi connectivity index (χ0v) is 14.3. The van der Waals surface area contributed by atoms with E-state index in [2.05, 4.69) is 5.10 Å². The summed E-state index contributed by atoms with van der Waals surface area (Å²) in [6.45, 7) is 4.35. The van der Waals surface area contributed by atoms with Crippen LogP contribution in [0.1, 0.15) is 67.2 Å². The van der Waals surface area contributed by atoms with Crippen LogP contribution in [-0.2, 0) is 22.2 Å². The molecule has 2 aliphatic carbocycles. The van der Waals surface area contributed by atoms with Crippen molar-refractivity contribution >= 4 is 5.97 Å². The molecule has 0 aromatic carbocycles. The van der Waals surface area contributed by atoms with E-state index in [0.29, 0.717) is 19.4 Å². The summed E-state index contributed by atoms with van der Waals surface area (Å²) in [4.78, 5) is 12.3. The molecule has 2 saturated heterocycles. The first-order valence-corrected chi connectivity index (χ1v) is 8.65. The van der Waals surface area contributed by atoms with Gasteiger partial charge in [-0.3, -0.25) is 4.68 Å². The number of carbonyl (C=O) groups excluding carboxylic acids is 1. The van der Waals surface area contributed by atoms with Gasteiger partial charge in [-0.2, -0.15) is 18.3 Å². The van der Waals surface area contributed by atoms with Gasteiger partial charge in [0.05, 0.1) is 24.5 Å². The van der Waals surface area contributed by atoms with E-state index in [0.717, 1.165) is 12.8 Å². The first kappa shape index (κ1) is 16.9. The largest absolute Gasteiger partial charge is 0.461 e. The number of hydrogen-bond acceptors (Lipinski definition) is 4. The van der Waals surface area contributed by atoms with Crippen molar-refractivity contribution in [3.8, 4) is 0 Å². The summed E-state index contributed by atoms with van der Waals surface area (Å²) in [5, 5.41) is 4.24. The molecule has 0 atom stereocenters. The maximum absolute atomic E-state index is 13.7. The number of fused-ring (bicyclic) bond motifs is 1. The Morgan fingerprint density at radius 3 is 2.56 bits per heavy atom. The molecule has 2 aliphatic heterocycles. The third-order valence-electron chi connectivity index (χ3n) is 5.41. The molecule has 138 valence electrons. The van der Waals surface area contributed by atoms with Crippen LogP contribution in [-0.4, -0.2) is 34.6 Å². The monoisotopic (exact) mass is 358 g/mol. The van der Waals surface area contributed by atoms with Crippen molar-refractivity contribution in [2.24, 2.45) is 5.41 Å². The van der Waals surface area contributed by atoms with Crippen LogP contribution >= 0.6 is 0 Å². The molecule has 5 nitrogen and oxygen atoms in total. The van der Waals surface area contributed by atoms with Gasteiger partial charge < -0.3 is 9.47 Å². The van der Waals surface area contributed by atoms with Crippen molar-refractivity contribution < 1.29 is 27.4 Å². The van der Waals surface area contributed by atoms with Gasteiger partial charge in [0, 0.05) is 17.9 Å². The predicted molar refractivity (Wildman–Crippen MR) is 81.2 cm³/mol. The number of carbonyl (C=O) groups is 1. The van der Waals surface area contributed by atoms with E-state index in [-0.39, 0.29) is 35.8 Å². The number of rotatable bonds is 5. The lowest BCUT2D eigenvalue weighted by Crippen LogP contribution is -2.44. The summed E-state index contributed by atoms with van der Waals surface area (Å²) < 4.78 is 53.0. The second-order valence-electron chi connectivity index (χ2n) is 7.85. The Morgan fingerprint density at radius 2 is 2.08 bits per heavy atom. The van der Waals surface area contributed by atoms with Crippen molar-refractivity contribution in [3.05, 3.63) is 17.0 Å². The molecule has 0 radical (unpaired) electrons. The highest BCUT2D eigenvalue weighted by Crippen LogP contribution is 2.58. The smallest absolute Gasteiger partial charge is 0.420 e. The summed E-state index contributed by atoms with van der Waals surface area (Å²) in [6, 6.07) is 0. The van der Waals surface area contributed by atoms with Gasteiger partial charge in [0.15, 0.2) is 5.69 Å². The number of esters is 1. The Hall–Kier alpha value is -1.57. The predicted octanol–water partition coefficient (Wildman–Crippen LogP) is 3.53. The average Bonchev–Trinajstić information content (AvgIpc) is 3.07. The summed E-state index contributed by atoms with van der Waals surface area (Å²) in [5.41, 5.74) is -1.78. The summed E-state index contributed by atoms with van der Waals surface area (Å²) in [7, 11) is 0. The second kappa shape index (κ2) is 5.22. The summed E-state index contributed by atoms with van der Waals surface area (Å²) in [5.74, 6) is -1.17. The van der Waals surface area contributed by atoms with Crippen LogP contribution in [0.5, 0.6) is 0 Å². The molecule has 4 fully saturated rings. The van der Waals surface area contributed by atoms with E-state index in [9.17, 15) is 18.0 Å². The third-order valence-corrected chi connectivity index (χ3v) is 5.41. The first-order chi connectivity index (χ1) is 11.7. The molecule has 3 heterocycles. The lowest BCUT2D eigenvalue weighted by Gasteiger charge is -2.42. The van der Waals surface area contributed by atoms with Crippen LogP contribution in [0.4, 0.5) is 13.2 Å². The van der Waals surface area contributed by atoms with Crippen LogP contribution in [0.15, 0.2) is 0 Å². The van der Waals surface area contributed by atoms with Gasteiger partial charge in [0.1, 0.15) is 5.56 Å². The second-order valence-corrected chi connectivity index (χ2v) is 7.85. The molecule has 0 N–H and O–H groups in total. The minimum absolute atomic E-state index is 0.00652. The fourth-order valence-corrected chi connectivity index (χ4v) is 4.47. The molecule has 8 heteroatoms. The highest BCUT2D eigenvalue weighted by atomic mass is 19.4. The highest BCUT2D eigenvalue weighted by molar-refractivity contribution is 5.90. The summed E-state index contributed by atoms with van der Waals surface area (Å²) in [6.07, 6.45) is -1.72. The maximum Gasteiger partial charge on any atom is 0.420 e. The van der Waals surface area contributed by atoms with Gasteiger partial charge in [0.2, 0.25) is 0 Å². The van der Waals surface area contributed by atoms with Crippen molar-refractivity contribution in [1.82, 2.24) is 9.78 Å². The molecule has 1 aromatic heterocycles. The Balaban J connectivity index is 1.76. The Morgan fingerprint density at radius 1 is 1.40 bits per heavy atom. The van der Waals surface area contributed by atoms with Gasteiger partial charge in [-0.25, -0.2) is 4.79 Å². The van der Waals surface area contributed by atoms with Gasteiger partial charge in [-0.15, -0.1) is 0 Å². The number of nitrogens with zero attached hydrogens (tertiary/aromatic N) is 2. The van der Waals surface area contributed by atoms with Crippen molar-refractivity contribution in [2.75, 3.05) is 13.2 Å². The summed E-state index contributed by atoms with van der Waals surface area (Å²) >= 11 is 0. The van der Waals surface area contributed by atoms with E-state index in [1.54, 1.807) is 6.92 Å². The molecule has 5 rings (SSSR count). The van der Waals surface area contributed by atoms with Crippen LogP contribution in [0, 0.1) is 5.41 Å². The van der Waals surface area contributed by atoms with E-state index in [1.165, 1.54) is 4.68 Å². The van der Waals surface area contributed by atoms with Gasteiger partial charge in [0.25, 0.3) is 0 Å². The lowest BCUT2D eigenvalue weighted by molar-refractivity contribution is -0.138. The lowest BCUT2D eigenvalue weighted by atomic mass is 9.63. The molecule has 0 unspecified atom stereocenters. The molecule has 0 amide bonds. The number of ether oxygens (including phenoxy) is 2. The fraction of sp³-hybridized carbons (Fsp3) is 0.765. The highest BCUT2D eigenvalue weighted by Gasteiger charge is 2.60. The van der Waals surface area contributed by atoms with Gasteiger partial charge >= 0.3 is 12.1 Å². The van der Waals surface area contributed by atoms with Gasteiger partial charge in [-0.05, 0) is 39.5 Å². The van der Waals surface area contributed by atoms with Crippen molar-refractivity contribution in [1.29, 1.82) is 0 Å². The molecule has 1 aromatic rings. The molecule has 2 bridgehead atoms. The Kier molecular flexibility index (Phi) is 3.52. The minimum Gasteiger partial charge on any atom is -0.461 e. The zero-order valence-electron chi connectivity index (χ0n) is 14.3. The molecule has 25 heavy (non-hydrogen) atoms.